The highest BCUT2D eigenvalue weighted by Crippen LogP contribution is 2.37. The van der Waals surface area contributed by atoms with Crippen LogP contribution in [0.15, 0.2) is 24.3 Å². The summed E-state index contributed by atoms with van der Waals surface area (Å²) in [5.41, 5.74) is 2.38. The molecule has 0 saturated carbocycles. The molecule has 2 aliphatic rings. The minimum atomic E-state index is -0.0933. The van der Waals surface area contributed by atoms with Crippen molar-refractivity contribution in [3.8, 4) is 0 Å². The molecule has 20 heavy (non-hydrogen) atoms. The number of hydrogen-bond acceptors (Lipinski definition) is 3. The molecule has 1 N–H and O–H groups in total. The van der Waals surface area contributed by atoms with E-state index >= 15 is 0 Å². The quantitative estimate of drug-likeness (QED) is 0.909. The summed E-state index contributed by atoms with van der Waals surface area (Å²) in [4.78, 5) is 2.57. The first-order valence-corrected chi connectivity index (χ1v) is 7.57. The van der Waals surface area contributed by atoms with Gasteiger partial charge in [-0.1, -0.05) is 18.2 Å². The zero-order valence-electron chi connectivity index (χ0n) is 11.9. The number of para-hydroxylation sites is 1. The second-order valence-electron chi connectivity index (χ2n) is 6.27. The first kappa shape index (κ1) is 12.4. The molecule has 2 aliphatic heterocycles. The highest BCUT2D eigenvalue weighted by Gasteiger charge is 2.40. The zero-order chi connectivity index (χ0) is 13.7. The van der Waals surface area contributed by atoms with Crippen molar-refractivity contribution in [2.45, 2.75) is 50.4 Å². The molecule has 106 valence electrons. The number of hydrogen-bond donors (Lipinski definition) is 1. The Hall–Kier alpha value is -1.39. The number of aliphatic hydroxyl groups excluding tert-OH is 1. The minimum Gasteiger partial charge on any atom is -0.393 e. The van der Waals surface area contributed by atoms with Gasteiger partial charge in [0, 0.05) is 31.1 Å². The SMILES string of the molecule is Cn1nc(CN2C3CCC2CC(O)C3)c2ccccc21. The Morgan fingerprint density at radius 3 is 2.65 bits per heavy atom. The minimum absolute atomic E-state index is 0.0933. The van der Waals surface area contributed by atoms with Gasteiger partial charge in [-0.25, -0.2) is 0 Å². The number of aromatic nitrogens is 2. The third kappa shape index (κ3) is 1.86. The van der Waals surface area contributed by atoms with Gasteiger partial charge in [0.25, 0.3) is 0 Å². The molecule has 1 aromatic carbocycles. The third-order valence-corrected chi connectivity index (χ3v) is 5.03. The molecular formula is C16H21N3O. The molecule has 0 amide bonds. The molecule has 4 heteroatoms. The Morgan fingerprint density at radius 2 is 1.90 bits per heavy atom. The van der Waals surface area contributed by atoms with E-state index in [4.69, 9.17) is 5.10 Å². The predicted octanol–water partition coefficient (Wildman–Crippen LogP) is 2.06. The van der Waals surface area contributed by atoms with E-state index in [-0.39, 0.29) is 6.10 Å². The van der Waals surface area contributed by atoms with Crippen LogP contribution in [0.4, 0.5) is 0 Å². The van der Waals surface area contributed by atoms with Gasteiger partial charge in [0.1, 0.15) is 0 Å². The van der Waals surface area contributed by atoms with E-state index in [1.807, 2.05) is 11.7 Å². The summed E-state index contributed by atoms with van der Waals surface area (Å²) in [7, 11) is 2.01. The lowest BCUT2D eigenvalue weighted by Gasteiger charge is -2.36. The molecule has 1 aromatic heterocycles. The Bertz CT molecular complexity index is 622. The van der Waals surface area contributed by atoms with Crippen molar-refractivity contribution in [1.29, 1.82) is 0 Å². The topological polar surface area (TPSA) is 41.3 Å². The second-order valence-corrected chi connectivity index (χ2v) is 6.27. The highest BCUT2D eigenvalue weighted by molar-refractivity contribution is 5.81. The summed E-state index contributed by atoms with van der Waals surface area (Å²) in [6.45, 7) is 0.920. The summed E-state index contributed by atoms with van der Waals surface area (Å²) in [6, 6.07) is 9.53. The Labute approximate surface area is 119 Å². The molecule has 2 unspecified atom stereocenters. The van der Waals surface area contributed by atoms with Crippen LogP contribution < -0.4 is 0 Å². The number of nitrogens with zero attached hydrogens (tertiary/aromatic N) is 3. The van der Waals surface area contributed by atoms with Crippen LogP contribution in [0, 0.1) is 0 Å². The molecule has 0 aliphatic carbocycles. The fourth-order valence-electron chi connectivity index (χ4n) is 4.08. The van der Waals surface area contributed by atoms with Crippen LogP contribution >= 0.6 is 0 Å². The highest BCUT2D eigenvalue weighted by atomic mass is 16.3. The van der Waals surface area contributed by atoms with E-state index in [9.17, 15) is 5.11 Å². The number of rotatable bonds is 2. The molecule has 4 rings (SSSR count). The van der Waals surface area contributed by atoms with Gasteiger partial charge < -0.3 is 5.11 Å². The van der Waals surface area contributed by atoms with Crippen molar-refractivity contribution in [2.75, 3.05) is 0 Å². The van der Waals surface area contributed by atoms with Gasteiger partial charge in [-0.05, 0) is 31.7 Å². The lowest BCUT2D eigenvalue weighted by atomic mass is 9.99. The predicted molar refractivity (Wildman–Crippen MR) is 78.3 cm³/mol. The third-order valence-electron chi connectivity index (χ3n) is 5.03. The maximum absolute atomic E-state index is 9.90. The molecule has 2 bridgehead atoms. The molecule has 3 heterocycles. The maximum Gasteiger partial charge on any atom is 0.0843 e. The van der Waals surface area contributed by atoms with Gasteiger partial charge in [0.2, 0.25) is 0 Å². The maximum atomic E-state index is 9.90. The van der Waals surface area contributed by atoms with Crippen LogP contribution in [0.25, 0.3) is 10.9 Å². The molecular weight excluding hydrogens is 250 g/mol. The number of piperidine rings is 1. The van der Waals surface area contributed by atoms with Gasteiger partial charge in [-0.3, -0.25) is 9.58 Å². The van der Waals surface area contributed by atoms with Crippen molar-refractivity contribution >= 4 is 10.9 Å². The van der Waals surface area contributed by atoms with E-state index in [1.54, 1.807) is 0 Å². The normalized spacial score (nSPS) is 30.2. The molecule has 0 spiro atoms. The lowest BCUT2D eigenvalue weighted by molar-refractivity contribution is 0.0305. The molecule has 0 radical (unpaired) electrons. The van der Waals surface area contributed by atoms with E-state index in [2.05, 4.69) is 29.2 Å². The Morgan fingerprint density at radius 1 is 1.20 bits per heavy atom. The van der Waals surface area contributed by atoms with Crippen LogP contribution in [0.3, 0.4) is 0 Å². The van der Waals surface area contributed by atoms with Gasteiger partial charge in [0.05, 0.1) is 17.3 Å². The number of aryl methyl sites for hydroxylation is 1. The van der Waals surface area contributed by atoms with Gasteiger partial charge >= 0.3 is 0 Å². The average Bonchev–Trinajstić information content (AvgIpc) is 2.87. The van der Waals surface area contributed by atoms with E-state index < -0.39 is 0 Å². The van der Waals surface area contributed by atoms with Crippen LogP contribution in [0.2, 0.25) is 0 Å². The summed E-state index contributed by atoms with van der Waals surface area (Å²) in [5, 5.41) is 15.9. The lowest BCUT2D eigenvalue weighted by Crippen LogP contribution is -2.44. The monoisotopic (exact) mass is 271 g/mol. The van der Waals surface area contributed by atoms with Crippen molar-refractivity contribution in [3.05, 3.63) is 30.0 Å². The van der Waals surface area contributed by atoms with Crippen LogP contribution in [0.1, 0.15) is 31.4 Å². The van der Waals surface area contributed by atoms with Crippen LogP contribution in [0.5, 0.6) is 0 Å². The first-order chi connectivity index (χ1) is 9.72. The summed E-state index contributed by atoms with van der Waals surface area (Å²) < 4.78 is 1.98. The molecule has 2 saturated heterocycles. The first-order valence-electron chi connectivity index (χ1n) is 7.57. The van der Waals surface area contributed by atoms with Crippen LogP contribution in [-0.2, 0) is 13.6 Å². The molecule has 2 fully saturated rings. The number of aliphatic hydroxyl groups is 1. The summed E-state index contributed by atoms with van der Waals surface area (Å²) in [5.74, 6) is 0. The molecule has 4 nitrogen and oxygen atoms in total. The van der Waals surface area contributed by atoms with E-state index in [0.717, 1.165) is 19.4 Å². The average molecular weight is 271 g/mol. The Balaban J connectivity index is 1.65. The van der Waals surface area contributed by atoms with E-state index in [0.29, 0.717) is 12.1 Å². The fourth-order valence-corrected chi connectivity index (χ4v) is 4.08. The van der Waals surface area contributed by atoms with Gasteiger partial charge in [0.15, 0.2) is 0 Å². The van der Waals surface area contributed by atoms with Crippen molar-refractivity contribution in [2.24, 2.45) is 7.05 Å². The Kier molecular flexibility index (Phi) is 2.82. The largest absolute Gasteiger partial charge is 0.393 e. The number of fused-ring (bicyclic) bond motifs is 3. The van der Waals surface area contributed by atoms with Gasteiger partial charge in [-0.2, -0.15) is 5.10 Å². The summed E-state index contributed by atoms with van der Waals surface area (Å²) in [6.07, 6.45) is 4.23. The standard InChI is InChI=1S/C16H21N3O/c1-18-16-5-3-2-4-14(16)15(17-18)10-19-11-6-7-12(19)9-13(20)8-11/h2-5,11-13,20H,6-10H2,1H3. The van der Waals surface area contributed by atoms with Crippen molar-refractivity contribution < 1.29 is 5.11 Å². The van der Waals surface area contributed by atoms with Gasteiger partial charge in [-0.15, -0.1) is 0 Å². The van der Waals surface area contributed by atoms with E-state index in [1.165, 1.54) is 29.4 Å². The molecule has 2 atom stereocenters. The fraction of sp³-hybridized carbons (Fsp3) is 0.562. The van der Waals surface area contributed by atoms with Crippen molar-refractivity contribution in [3.63, 3.8) is 0 Å². The van der Waals surface area contributed by atoms with Crippen LogP contribution in [-0.4, -0.2) is 38.0 Å². The van der Waals surface area contributed by atoms with Crippen molar-refractivity contribution in [1.82, 2.24) is 14.7 Å². The number of benzene rings is 1. The zero-order valence-corrected chi connectivity index (χ0v) is 11.9. The second kappa shape index (κ2) is 4.57. The molecule has 2 aromatic rings. The summed E-state index contributed by atoms with van der Waals surface area (Å²) >= 11 is 0. The smallest absolute Gasteiger partial charge is 0.0843 e.